The summed E-state index contributed by atoms with van der Waals surface area (Å²) >= 11 is 1.33. The first-order chi connectivity index (χ1) is 18.7. The molecule has 0 saturated carbocycles. The van der Waals surface area contributed by atoms with Crippen LogP contribution in [0.1, 0.15) is 43.1 Å². The molecule has 1 aliphatic carbocycles. The minimum atomic E-state index is -0.721. The van der Waals surface area contributed by atoms with E-state index in [0.29, 0.717) is 46.3 Å². The normalized spacial score (nSPS) is 14.7. The summed E-state index contributed by atoms with van der Waals surface area (Å²) in [6.07, 6.45) is 1.15. The lowest BCUT2D eigenvalue weighted by atomic mass is 9.95. The highest BCUT2D eigenvalue weighted by Crippen LogP contribution is 2.50. The molecule has 0 bridgehead atoms. The van der Waals surface area contributed by atoms with Crippen molar-refractivity contribution in [3.63, 3.8) is 0 Å². The number of carbonyl (C=O) groups excluding carboxylic acids is 2. The van der Waals surface area contributed by atoms with Crippen LogP contribution in [0.25, 0.3) is 11.1 Å². The third kappa shape index (κ3) is 5.83. The van der Waals surface area contributed by atoms with Gasteiger partial charge in [-0.15, -0.1) is 11.3 Å². The average Bonchev–Trinajstić information content (AvgIpc) is 3.17. The Hall–Kier alpha value is -4.12. The fraction of sp³-hybridized carbons (Fsp3) is 0.357. The number of fused-ring (bicyclic) bond motifs is 3. The third-order valence-electron chi connectivity index (χ3n) is 6.53. The molecule has 2 aromatic carbocycles. The van der Waals surface area contributed by atoms with Crippen LogP contribution < -0.4 is 35.6 Å². The van der Waals surface area contributed by atoms with Crippen LogP contribution in [-0.4, -0.2) is 44.2 Å². The van der Waals surface area contributed by atoms with Gasteiger partial charge in [-0.05, 0) is 61.6 Å². The van der Waals surface area contributed by atoms with Crippen LogP contribution in [0.2, 0.25) is 0 Å². The number of amides is 2. The topological polar surface area (TPSA) is 128 Å². The molecule has 4 rings (SSSR count). The van der Waals surface area contributed by atoms with E-state index < -0.39 is 12.1 Å². The number of hydrogen-bond acceptors (Lipinski definition) is 9. The van der Waals surface area contributed by atoms with Crippen molar-refractivity contribution in [2.45, 2.75) is 45.7 Å². The molecular formula is C28H32N4O6S. The van der Waals surface area contributed by atoms with Gasteiger partial charge in [0.15, 0.2) is 16.6 Å². The number of benzene rings is 1. The first kappa shape index (κ1) is 27.9. The third-order valence-corrected chi connectivity index (χ3v) is 7.41. The van der Waals surface area contributed by atoms with E-state index in [1.807, 2.05) is 18.4 Å². The largest absolute Gasteiger partial charge is 0.493 e. The summed E-state index contributed by atoms with van der Waals surface area (Å²) in [5.74, 6) is 0.889. The minimum absolute atomic E-state index is 0.209. The fourth-order valence-corrected chi connectivity index (χ4v) is 5.44. The van der Waals surface area contributed by atoms with Gasteiger partial charge >= 0.3 is 0 Å². The molecule has 3 aromatic rings. The van der Waals surface area contributed by atoms with Gasteiger partial charge in [-0.3, -0.25) is 14.4 Å². The van der Waals surface area contributed by atoms with Crippen molar-refractivity contribution in [2.75, 3.05) is 32.0 Å². The number of nitrogens with one attached hydrogen (secondary N) is 3. The summed E-state index contributed by atoms with van der Waals surface area (Å²) in [4.78, 5) is 42.6. The van der Waals surface area contributed by atoms with E-state index in [4.69, 9.17) is 14.2 Å². The number of aryl methyl sites for hydroxylation is 2. The minimum Gasteiger partial charge on any atom is -0.493 e. The lowest BCUT2D eigenvalue weighted by Crippen LogP contribution is -2.33. The Bertz CT molecular complexity index is 1470. The first-order valence-electron chi connectivity index (χ1n) is 12.4. The van der Waals surface area contributed by atoms with E-state index >= 15 is 0 Å². The Labute approximate surface area is 230 Å². The van der Waals surface area contributed by atoms with E-state index in [9.17, 15) is 14.4 Å². The number of thiazole rings is 1. The molecule has 2 amide bonds. The zero-order chi connectivity index (χ0) is 28.3. The summed E-state index contributed by atoms with van der Waals surface area (Å²) in [5.41, 5.74) is 3.76. The fourth-order valence-electron chi connectivity index (χ4n) is 4.75. The number of nitrogens with zero attached hydrogens (tertiary/aromatic N) is 1. The molecule has 2 unspecified atom stereocenters. The maximum atomic E-state index is 13.5. The molecule has 206 valence electrons. The number of carbonyl (C=O) groups is 2. The standard InChI is InChI=1S/C28H32N4O6S/c1-14-13-39-28(29-14)32-27(35)15(2)30-21-10-8-18-19(12-22(21)34)20(31-16(3)33)9-7-17-11-23(36-4)25(37-5)26(38-6)24(17)18/h8,10-13,15,20H,7,9H2,1-6H3,(H,30,34)(H,31,33)(H,29,32,35). The zero-order valence-corrected chi connectivity index (χ0v) is 23.6. The number of ether oxygens (including phenoxy) is 3. The molecule has 10 nitrogen and oxygen atoms in total. The Morgan fingerprint density at radius 2 is 1.85 bits per heavy atom. The van der Waals surface area contributed by atoms with Gasteiger partial charge in [0.25, 0.3) is 0 Å². The Kier molecular flexibility index (Phi) is 8.39. The Morgan fingerprint density at radius 3 is 2.46 bits per heavy atom. The molecule has 0 fully saturated rings. The van der Waals surface area contributed by atoms with E-state index in [-0.39, 0.29) is 22.9 Å². The number of aromatic nitrogens is 1. The van der Waals surface area contributed by atoms with Crippen LogP contribution in [-0.2, 0) is 16.0 Å². The maximum Gasteiger partial charge on any atom is 0.248 e. The van der Waals surface area contributed by atoms with Crippen molar-refractivity contribution in [1.29, 1.82) is 0 Å². The van der Waals surface area contributed by atoms with Gasteiger partial charge in [0.1, 0.15) is 6.04 Å². The highest BCUT2D eigenvalue weighted by atomic mass is 32.1. The molecule has 1 heterocycles. The molecule has 0 saturated heterocycles. The number of rotatable bonds is 8. The zero-order valence-electron chi connectivity index (χ0n) is 22.8. The lowest BCUT2D eigenvalue weighted by molar-refractivity contribution is -0.119. The number of hydrogen-bond donors (Lipinski definition) is 3. The van der Waals surface area contributed by atoms with Crippen LogP contribution >= 0.6 is 11.3 Å². The smallest absolute Gasteiger partial charge is 0.248 e. The molecule has 2 atom stereocenters. The summed E-state index contributed by atoms with van der Waals surface area (Å²) in [6, 6.07) is 5.72. The molecule has 0 spiro atoms. The number of methoxy groups -OCH3 is 3. The number of anilines is 2. The van der Waals surface area contributed by atoms with Gasteiger partial charge in [0, 0.05) is 17.9 Å². The van der Waals surface area contributed by atoms with Gasteiger partial charge in [0.05, 0.1) is 38.8 Å². The van der Waals surface area contributed by atoms with Gasteiger partial charge in [-0.25, -0.2) is 4.98 Å². The highest BCUT2D eigenvalue weighted by molar-refractivity contribution is 7.13. The Morgan fingerprint density at radius 1 is 1.10 bits per heavy atom. The molecule has 39 heavy (non-hydrogen) atoms. The SMILES string of the molecule is COc1cc2c(c(OC)c1OC)-c1ccc(NC(C)C(=O)Nc3nc(C)cs3)c(=O)cc1C(NC(C)=O)CC2. The molecule has 1 aliphatic rings. The maximum absolute atomic E-state index is 13.5. The van der Waals surface area contributed by atoms with E-state index in [1.54, 1.807) is 33.3 Å². The van der Waals surface area contributed by atoms with Crippen molar-refractivity contribution in [3.05, 3.63) is 56.7 Å². The second kappa shape index (κ2) is 11.7. The van der Waals surface area contributed by atoms with E-state index in [1.165, 1.54) is 31.4 Å². The van der Waals surface area contributed by atoms with E-state index in [0.717, 1.165) is 16.8 Å². The molecule has 0 aliphatic heterocycles. The monoisotopic (exact) mass is 552 g/mol. The molecule has 0 radical (unpaired) electrons. The van der Waals surface area contributed by atoms with Crippen LogP contribution in [0, 0.1) is 6.92 Å². The molecule has 11 heteroatoms. The molecule has 3 N–H and O–H groups in total. The predicted molar refractivity (Wildman–Crippen MR) is 151 cm³/mol. The first-order valence-corrected chi connectivity index (χ1v) is 13.3. The second-order valence-electron chi connectivity index (χ2n) is 9.25. The summed E-state index contributed by atoms with van der Waals surface area (Å²) < 4.78 is 17.0. The van der Waals surface area contributed by atoms with Crippen molar-refractivity contribution >= 4 is 34.0 Å². The van der Waals surface area contributed by atoms with Crippen molar-refractivity contribution < 1.29 is 23.8 Å². The summed E-state index contributed by atoms with van der Waals surface area (Å²) in [5, 5.41) is 11.1. The highest BCUT2D eigenvalue weighted by Gasteiger charge is 2.29. The van der Waals surface area contributed by atoms with Crippen LogP contribution in [0.4, 0.5) is 10.8 Å². The summed E-state index contributed by atoms with van der Waals surface area (Å²) in [7, 11) is 4.64. The van der Waals surface area contributed by atoms with Gasteiger partial charge in [0.2, 0.25) is 23.0 Å². The van der Waals surface area contributed by atoms with Gasteiger partial charge < -0.3 is 30.2 Å². The molecule has 1 aromatic heterocycles. The van der Waals surface area contributed by atoms with Gasteiger partial charge in [-0.1, -0.05) is 6.07 Å². The quantitative estimate of drug-likeness (QED) is 0.382. The van der Waals surface area contributed by atoms with Crippen molar-refractivity contribution in [1.82, 2.24) is 10.3 Å². The van der Waals surface area contributed by atoms with Crippen molar-refractivity contribution in [3.8, 4) is 28.4 Å². The molecular weight excluding hydrogens is 520 g/mol. The second-order valence-corrected chi connectivity index (χ2v) is 10.1. The van der Waals surface area contributed by atoms with Gasteiger partial charge in [-0.2, -0.15) is 0 Å². The lowest BCUT2D eigenvalue weighted by Gasteiger charge is -2.19. The van der Waals surface area contributed by atoms with Crippen molar-refractivity contribution in [2.24, 2.45) is 0 Å². The Balaban J connectivity index is 1.82. The summed E-state index contributed by atoms with van der Waals surface area (Å²) in [6.45, 7) is 4.96. The van der Waals surface area contributed by atoms with Crippen LogP contribution in [0.15, 0.2) is 34.4 Å². The average molecular weight is 553 g/mol. The van der Waals surface area contributed by atoms with Crippen LogP contribution in [0.3, 0.4) is 0 Å². The predicted octanol–water partition coefficient (Wildman–Crippen LogP) is 4.07. The van der Waals surface area contributed by atoms with Crippen LogP contribution in [0.5, 0.6) is 17.2 Å². The van der Waals surface area contributed by atoms with E-state index in [2.05, 4.69) is 20.9 Å².